The minimum atomic E-state index is 0.904. The number of methoxy groups -OCH3 is 1. The Kier molecular flexibility index (Phi) is 5.55. The second-order valence-corrected chi connectivity index (χ2v) is 6.17. The van der Waals surface area contributed by atoms with Crippen LogP contribution >= 0.6 is 0 Å². The molecule has 0 aliphatic rings. The van der Waals surface area contributed by atoms with E-state index >= 15 is 0 Å². The number of H-pyrrole nitrogens is 1. The Balaban J connectivity index is 1.58. The number of hydrogen-bond acceptors (Lipinski definition) is 2. The van der Waals surface area contributed by atoms with E-state index in [1.54, 1.807) is 7.11 Å². The summed E-state index contributed by atoms with van der Waals surface area (Å²) in [6.45, 7) is 4.09. The van der Waals surface area contributed by atoms with Gasteiger partial charge in [-0.25, -0.2) is 0 Å². The molecule has 0 fully saturated rings. The third kappa shape index (κ3) is 3.80. The standard InChI is InChI=1S/C21H26N2O/c1-3-6-16-13-19(24-2)10-9-17(16)14-22-12-11-18-15-23-21-8-5-4-7-20(18)21/h4-5,7-10,13,15,22-23H,3,6,11-12,14H2,1-2H3. The molecule has 0 atom stereocenters. The fourth-order valence-corrected chi connectivity index (χ4v) is 3.19. The van der Waals surface area contributed by atoms with Gasteiger partial charge in [0.25, 0.3) is 0 Å². The summed E-state index contributed by atoms with van der Waals surface area (Å²) in [6, 6.07) is 14.9. The monoisotopic (exact) mass is 322 g/mol. The first kappa shape index (κ1) is 16.6. The fraction of sp³-hybridized carbons (Fsp3) is 0.333. The average Bonchev–Trinajstić information content (AvgIpc) is 3.03. The van der Waals surface area contributed by atoms with Crippen molar-refractivity contribution in [2.75, 3.05) is 13.7 Å². The van der Waals surface area contributed by atoms with E-state index in [9.17, 15) is 0 Å². The van der Waals surface area contributed by atoms with Crippen molar-refractivity contribution in [1.82, 2.24) is 10.3 Å². The molecule has 1 aromatic heterocycles. The lowest BCUT2D eigenvalue weighted by atomic mass is 10.0. The van der Waals surface area contributed by atoms with Gasteiger partial charge in [0.1, 0.15) is 5.75 Å². The Labute approximate surface area is 144 Å². The molecule has 0 bridgehead atoms. The first-order chi connectivity index (χ1) is 11.8. The van der Waals surface area contributed by atoms with E-state index in [2.05, 4.69) is 65.9 Å². The summed E-state index contributed by atoms with van der Waals surface area (Å²) in [6.07, 6.45) is 5.40. The molecular formula is C21H26N2O. The van der Waals surface area contributed by atoms with Crippen LogP contribution in [-0.2, 0) is 19.4 Å². The molecule has 2 N–H and O–H groups in total. The molecule has 0 unspecified atom stereocenters. The Morgan fingerprint density at radius 3 is 2.71 bits per heavy atom. The number of nitrogens with one attached hydrogen (secondary N) is 2. The maximum absolute atomic E-state index is 5.35. The average molecular weight is 322 g/mol. The molecule has 3 heteroatoms. The largest absolute Gasteiger partial charge is 0.497 e. The van der Waals surface area contributed by atoms with Crippen LogP contribution in [0.25, 0.3) is 10.9 Å². The summed E-state index contributed by atoms with van der Waals surface area (Å²) in [7, 11) is 1.73. The normalized spacial score (nSPS) is 11.1. The van der Waals surface area contributed by atoms with Gasteiger partial charge in [-0.3, -0.25) is 0 Å². The van der Waals surface area contributed by atoms with Gasteiger partial charge in [0, 0.05) is 23.6 Å². The summed E-state index contributed by atoms with van der Waals surface area (Å²) in [5.41, 5.74) is 5.35. The molecule has 0 radical (unpaired) electrons. The molecule has 0 amide bonds. The molecule has 0 aliphatic carbocycles. The highest BCUT2D eigenvalue weighted by atomic mass is 16.5. The van der Waals surface area contributed by atoms with Crippen LogP contribution in [-0.4, -0.2) is 18.6 Å². The molecular weight excluding hydrogens is 296 g/mol. The molecule has 0 saturated heterocycles. The van der Waals surface area contributed by atoms with Gasteiger partial charge in [0.05, 0.1) is 7.11 Å². The Bertz CT molecular complexity index is 791. The number of aromatic amines is 1. The van der Waals surface area contributed by atoms with E-state index in [-0.39, 0.29) is 0 Å². The Morgan fingerprint density at radius 2 is 1.88 bits per heavy atom. The molecule has 3 nitrogen and oxygen atoms in total. The minimum absolute atomic E-state index is 0.904. The minimum Gasteiger partial charge on any atom is -0.497 e. The molecule has 0 saturated carbocycles. The van der Waals surface area contributed by atoms with Crippen LogP contribution in [0.4, 0.5) is 0 Å². The number of aryl methyl sites for hydroxylation is 1. The quantitative estimate of drug-likeness (QED) is 0.601. The van der Waals surface area contributed by atoms with Gasteiger partial charge in [-0.1, -0.05) is 37.6 Å². The van der Waals surface area contributed by atoms with Crippen molar-refractivity contribution in [3.8, 4) is 5.75 Å². The van der Waals surface area contributed by atoms with Gasteiger partial charge in [0.2, 0.25) is 0 Å². The predicted molar refractivity (Wildman–Crippen MR) is 101 cm³/mol. The second-order valence-electron chi connectivity index (χ2n) is 6.17. The Hall–Kier alpha value is -2.26. The molecule has 24 heavy (non-hydrogen) atoms. The summed E-state index contributed by atoms with van der Waals surface area (Å²) in [5, 5.41) is 4.92. The van der Waals surface area contributed by atoms with Crippen LogP contribution in [0.3, 0.4) is 0 Å². The molecule has 3 aromatic rings. The van der Waals surface area contributed by atoms with Gasteiger partial charge >= 0.3 is 0 Å². The van der Waals surface area contributed by atoms with Crippen LogP contribution in [0.15, 0.2) is 48.7 Å². The molecule has 1 heterocycles. The molecule has 2 aromatic carbocycles. The maximum atomic E-state index is 5.35. The first-order valence-corrected chi connectivity index (χ1v) is 8.73. The number of benzene rings is 2. The summed E-state index contributed by atoms with van der Waals surface area (Å²) >= 11 is 0. The van der Waals surface area contributed by atoms with Crippen molar-refractivity contribution in [3.05, 3.63) is 65.4 Å². The number of para-hydroxylation sites is 1. The zero-order valence-electron chi connectivity index (χ0n) is 14.6. The van der Waals surface area contributed by atoms with Gasteiger partial charge in [-0.05, 0) is 54.3 Å². The molecule has 3 rings (SSSR count). The lowest BCUT2D eigenvalue weighted by Gasteiger charge is -2.12. The molecule has 126 valence electrons. The van der Waals surface area contributed by atoms with Crippen LogP contribution in [0.5, 0.6) is 5.75 Å². The van der Waals surface area contributed by atoms with Crippen molar-refractivity contribution in [2.24, 2.45) is 0 Å². The maximum Gasteiger partial charge on any atom is 0.119 e. The molecule has 0 aliphatic heterocycles. The SMILES string of the molecule is CCCc1cc(OC)ccc1CNCCc1c[nH]c2ccccc12. The van der Waals surface area contributed by atoms with E-state index in [0.29, 0.717) is 0 Å². The van der Waals surface area contributed by atoms with Gasteiger partial charge in [-0.2, -0.15) is 0 Å². The van der Waals surface area contributed by atoms with Crippen LogP contribution in [0.1, 0.15) is 30.0 Å². The number of fused-ring (bicyclic) bond motifs is 1. The summed E-state index contributed by atoms with van der Waals surface area (Å²) in [4.78, 5) is 3.34. The fourth-order valence-electron chi connectivity index (χ4n) is 3.19. The van der Waals surface area contributed by atoms with Gasteiger partial charge in [-0.15, -0.1) is 0 Å². The highest BCUT2D eigenvalue weighted by molar-refractivity contribution is 5.83. The number of rotatable bonds is 8. The Morgan fingerprint density at radius 1 is 1.00 bits per heavy atom. The zero-order chi connectivity index (χ0) is 16.8. The van der Waals surface area contributed by atoms with Crippen molar-refractivity contribution < 1.29 is 4.74 Å². The number of hydrogen-bond donors (Lipinski definition) is 2. The van der Waals surface area contributed by atoms with Gasteiger partial charge < -0.3 is 15.0 Å². The van der Waals surface area contributed by atoms with Crippen LogP contribution < -0.4 is 10.1 Å². The highest BCUT2D eigenvalue weighted by Gasteiger charge is 2.05. The van der Waals surface area contributed by atoms with Crippen molar-refractivity contribution >= 4 is 10.9 Å². The van der Waals surface area contributed by atoms with E-state index < -0.39 is 0 Å². The number of ether oxygens (including phenoxy) is 1. The second kappa shape index (κ2) is 8.02. The predicted octanol–water partition coefficient (Wildman–Crippen LogP) is 4.46. The first-order valence-electron chi connectivity index (χ1n) is 8.73. The van der Waals surface area contributed by atoms with Crippen molar-refractivity contribution in [2.45, 2.75) is 32.7 Å². The van der Waals surface area contributed by atoms with Crippen LogP contribution in [0.2, 0.25) is 0 Å². The third-order valence-electron chi connectivity index (χ3n) is 4.49. The van der Waals surface area contributed by atoms with Crippen molar-refractivity contribution in [3.63, 3.8) is 0 Å². The number of aromatic nitrogens is 1. The summed E-state index contributed by atoms with van der Waals surface area (Å²) in [5.74, 6) is 0.945. The topological polar surface area (TPSA) is 37.0 Å². The van der Waals surface area contributed by atoms with Crippen LogP contribution in [0, 0.1) is 0 Å². The third-order valence-corrected chi connectivity index (χ3v) is 4.49. The van der Waals surface area contributed by atoms with Gasteiger partial charge in [0.15, 0.2) is 0 Å². The zero-order valence-corrected chi connectivity index (χ0v) is 14.6. The lowest BCUT2D eigenvalue weighted by Crippen LogP contribution is -2.17. The van der Waals surface area contributed by atoms with E-state index in [4.69, 9.17) is 4.74 Å². The highest BCUT2D eigenvalue weighted by Crippen LogP contribution is 2.20. The molecule has 0 spiro atoms. The van der Waals surface area contributed by atoms with E-state index in [1.807, 2.05) is 0 Å². The lowest BCUT2D eigenvalue weighted by molar-refractivity contribution is 0.414. The van der Waals surface area contributed by atoms with E-state index in [1.165, 1.54) is 27.6 Å². The van der Waals surface area contributed by atoms with E-state index in [0.717, 1.165) is 38.1 Å². The smallest absolute Gasteiger partial charge is 0.119 e. The van der Waals surface area contributed by atoms with Crippen molar-refractivity contribution in [1.29, 1.82) is 0 Å². The summed E-state index contributed by atoms with van der Waals surface area (Å²) < 4.78 is 5.35.